The molecule has 1 unspecified atom stereocenters. The fraction of sp³-hybridized carbons (Fsp3) is 0.393. The van der Waals surface area contributed by atoms with Gasteiger partial charge >= 0.3 is 0 Å². The van der Waals surface area contributed by atoms with Crippen LogP contribution >= 0.6 is 22.9 Å². The molecule has 3 N–H and O–H groups in total. The number of benzene rings is 4. The molecule has 2 aliphatic rings. The highest BCUT2D eigenvalue weighted by Crippen LogP contribution is 2.43. The van der Waals surface area contributed by atoms with E-state index in [1.165, 1.54) is 17.9 Å². The van der Waals surface area contributed by atoms with Gasteiger partial charge in [0.2, 0.25) is 29.6 Å². The summed E-state index contributed by atoms with van der Waals surface area (Å²) in [6.45, 7) is 11.7. The molecule has 404 valence electrons. The first kappa shape index (κ1) is 54.2. The monoisotopic (exact) mass is 1090 g/mol. The van der Waals surface area contributed by atoms with Gasteiger partial charge in [-0.05, 0) is 83.9 Å². The molecule has 21 heteroatoms. The Kier molecular flexibility index (Phi) is 16.4. The number of likely N-dealkylation sites (tertiary alicyclic amines) is 1. The number of methoxy groups -OCH3 is 1. The van der Waals surface area contributed by atoms with E-state index in [1.807, 2.05) is 75.1 Å². The summed E-state index contributed by atoms with van der Waals surface area (Å²) in [6.07, 6.45) is 1.21. The first-order chi connectivity index (χ1) is 37.0. The number of thiazole rings is 1. The van der Waals surface area contributed by atoms with E-state index in [0.717, 1.165) is 21.7 Å². The van der Waals surface area contributed by atoms with Gasteiger partial charge in [0.25, 0.3) is 5.88 Å². The number of phenolic OH excluding ortho intramolecular Hbond substituents is 1. The van der Waals surface area contributed by atoms with Crippen molar-refractivity contribution in [3.05, 3.63) is 100 Å². The predicted octanol–water partition coefficient (Wildman–Crippen LogP) is 8.99. The summed E-state index contributed by atoms with van der Waals surface area (Å²) in [5.74, 6) is -0.842. The maximum atomic E-state index is 17.1. The van der Waals surface area contributed by atoms with Crippen molar-refractivity contribution in [1.82, 2.24) is 40.1 Å². The van der Waals surface area contributed by atoms with Crippen LogP contribution in [0.25, 0.3) is 43.2 Å². The Bertz CT molecular complexity index is 3350. The number of nitrogens with zero attached hydrogens (tertiary/aromatic N) is 8. The Balaban J connectivity index is 0.816. The first-order valence-electron chi connectivity index (χ1n) is 25.7. The van der Waals surface area contributed by atoms with Crippen LogP contribution in [-0.2, 0) is 19.2 Å². The van der Waals surface area contributed by atoms with E-state index in [0.29, 0.717) is 84.6 Å². The third kappa shape index (κ3) is 11.6. The molecule has 2 fully saturated rings. The molecule has 0 saturated carbocycles. The number of hydrogen-bond acceptors (Lipinski definition) is 15. The molecule has 0 spiro atoms. The number of phenols is 1. The zero-order valence-electron chi connectivity index (χ0n) is 44.1. The van der Waals surface area contributed by atoms with Crippen molar-refractivity contribution in [3.8, 4) is 38.9 Å². The van der Waals surface area contributed by atoms with Crippen molar-refractivity contribution in [1.29, 1.82) is 0 Å². The molecule has 3 atom stereocenters. The van der Waals surface area contributed by atoms with Gasteiger partial charge in [0.05, 0.1) is 40.8 Å². The molecular weight excluding hydrogens is 1030 g/mol. The summed E-state index contributed by atoms with van der Waals surface area (Å²) in [6, 6.07) is 18.4. The predicted molar refractivity (Wildman–Crippen MR) is 294 cm³/mol. The van der Waals surface area contributed by atoms with Crippen molar-refractivity contribution in [2.75, 3.05) is 76.8 Å². The summed E-state index contributed by atoms with van der Waals surface area (Å²) in [4.78, 5) is 75.5. The highest BCUT2D eigenvalue weighted by atomic mass is 35.5. The molecule has 3 aromatic heterocycles. The van der Waals surface area contributed by atoms with Crippen LogP contribution in [-0.4, -0.2) is 136 Å². The molecule has 77 heavy (non-hydrogen) atoms. The van der Waals surface area contributed by atoms with E-state index >= 15 is 4.39 Å². The quantitative estimate of drug-likeness (QED) is 0.0733. The van der Waals surface area contributed by atoms with E-state index in [-0.39, 0.29) is 89.3 Å². The number of aryl methyl sites for hydroxylation is 1. The van der Waals surface area contributed by atoms with Crippen LogP contribution in [0.2, 0.25) is 5.02 Å². The molecule has 0 aliphatic carbocycles. The second kappa shape index (κ2) is 23.3. The normalized spacial score (nSPS) is 15.5. The fourth-order valence-electron chi connectivity index (χ4n) is 10.2. The molecule has 9 rings (SSSR count). The van der Waals surface area contributed by atoms with Crippen molar-refractivity contribution in [3.63, 3.8) is 0 Å². The second-order valence-electron chi connectivity index (χ2n) is 19.8. The molecule has 18 nitrogen and oxygen atoms in total. The van der Waals surface area contributed by atoms with Crippen LogP contribution in [0.1, 0.15) is 75.9 Å². The van der Waals surface area contributed by atoms with Crippen molar-refractivity contribution < 1.29 is 42.7 Å². The van der Waals surface area contributed by atoms with Crippen LogP contribution in [0, 0.1) is 18.7 Å². The van der Waals surface area contributed by atoms with Gasteiger partial charge in [0, 0.05) is 82.2 Å². The number of ether oxygens (including phenoxy) is 2. The van der Waals surface area contributed by atoms with Gasteiger partial charge in [-0.25, -0.2) is 14.4 Å². The molecule has 2 saturated heterocycles. The zero-order chi connectivity index (χ0) is 54.7. The number of anilines is 2. The number of carbonyl (C=O) groups excluding carboxylic acids is 4. The third-order valence-corrected chi connectivity index (χ3v) is 15.7. The Morgan fingerprint density at radius 2 is 1.78 bits per heavy atom. The maximum absolute atomic E-state index is 17.1. The number of nitrogens with one attached hydrogen (secondary N) is 2. The highest BCUT2D eigenvalue weighted by Gasteiger charge is 2.41. The van der Waals surface area contributed by atoms with Crippen LogP contribution in [0.5, 0.6) is 17.4 Å². The Labute approximate surface area is 454 Å². The van der Waals surface area contributed by atoms with Gasteiger partial charge in [-0.1, -0.05) is 61.8 Å². The molecule has 7 aromatic rings. The zero-order valence-corrected chi connectivity index (χ0v) is 45.6. The van der Waals surface area contributed by atoms with E-state index in [2.05, 4.69) is 25.8 Å². The van der Waals surface area contributed by atoms with Crippen molar-refractivity contribution in [2.45, 2.75) is 71.9 Å². The summed E-state index contributed by atoms with van der Waals surface area (Å²) in [5.41, 5.74) is 5.00. The molecule has 4 aromatic carbocycles. The third-order valence-electron chi connectivity index (χ3n) is 14.4. The number of hydrogen-bond donors (Lipinski definition) is 3. The van der Waals surface area contributed by atoms with Gasteiger partial charge in [0.15, 0.2) is 11.6 Å². The fourth-order valence-corrected chi connectivity index (χ4v) is 11.3. The van der Waals surface area contributed by atoms with Gasteiger partial charge in [-0.3, -0.25) is 19.2 Å². The average Bonchev–Trinajstić information content (AvgIpc) is 4.21. The van der Waals surface area contributed by atoms with Gasteiger partial charge in [-0.15, -0.1) is 11.3 Å². The number of amides is 4. The van der Waals surface area contributed by atoms with Crippen LogP contribution in [0.15, 0.2) is 76.8 Å². The van der Waals surface area contributed by atoms with Crippen LogP contribution in [0.4, 0.5) is 16.2 Å². The van der Waals surface area contributed by atoms with Crippen LogP contribution < -0.4 is 25.0 Å². The summed E-state index contributed by atoms with van der Waals surface area (Å²) < 4.78 is 34.4. The highest BCUT2D eigenvalue weighted by molar-refractivity contribution is 7.13. The molecule has 2 aliphatic heterocycles. The van der Waals surface area contributed by atoms with E-state index in [4.69, 9.17) is 30.6 Å². The number of halogens is 2. The average molecular weight is 1090 g/mol. The molecule has 5 heterocycles. The number of fused-ring (bicyclic) bond motifs is 2. The van der Waals surface area contributed by atoms with Crippen molar-refractivity contribution in [2.24, 2.45) is 5.92 Å². The summed E-state index contributed by atoms with van der Waals surface area (Å²) >= 11 is 8.45. The minimum absolute atomic E-state index is 0.00455. The molecule has 4 amide bonds. The lowest BCUT2D eigenvalue weighted by Crippen LogP contribution is -2.48. The van der Waals surface area contributed by atoms with Gasteiger partial charge in [-0.2, -0.15) is 4.98 Å². The summed E-state index contributed by atoms with van der Waals surface area (Å²) in [7, 11) is 3.25. The van der Waals surface area contributed by atoms with E-state index < -0.39 is 23.8 Å². The lowest BCUT2D eigenvalue weighted by atomic mass is 9.91. The smallest absolute Gasteiger partial charge is 0.254 e. The topological polar surface area (TPSA) is 209 Å². The number of rotatable bonds is 18. The number of aromatic hydroxyl groups is 1. The standard InChI is InChI=1S/C56H62ClFN10O8S/c1-31(2)48(55(73)68-18-10-13-43(68)54(72)61-32(3)38-15-14-36(26-44(38)74-7)52-33(4)60-30-77-52)45-29-46(64-76-45)75-24-23-65(6)47(71)16-17-59-56-62-51-41(53(63-56)67-21-19-66(20-22-67)34(5)69)28-42(57)49(50(51)58)40-27-37(70)25-35-11-8-9-12-39(35)40/h8-9,11-12,14-15,25-32,43,48,70H,10,13,16-24H2,1-7H3,(H,61,72)(H,59,62,63)/t32-,43-,48?/m0/s1. The van der Waals surface area contributed by atoms with Gasteiger partial charge < -0.3 is 49.3 Å². The number of aromatic nitrogens is 4. The maximum Gasteiger partial charge on any atom is 0.254 e. The minimum atomic E-state index is -0.736. The van der Waals surface area contributed by atoms with Crippen molar-refractivity contribution >= 4 is 80.0 Å². The first-order valence-corrected chi connectivity index (χ1v) is 27.0. The minimum Gasteiger partial charge on any atom is -0.508 e. The van der Waals surface area contributed by atoms with E-state index in [9.17, 15) is 24.3 Å². The van der Waals surface area contributed by atoms with Crippen LogP contribution in [0.3, 0.4) is 0 Å². The van der Waals surface area contributed by atoms with Gasteiger partial charge in [0.1, 0.15) is 41.4 Å². The summed E-state index contributed by atoms with van der Waals surface area (Å²) in [5, 5.41) is 22.9. The molecule has 0 bridgehead atoms. The Hall–Kier alpha value is -7.58. The number of piperazine rings is 1. The lowest BCUT2D eigenvalue weighted by molar-refractivity contribution is -0.141. The van der Waals surface area contributed by atoms with E-state index in [1.54, 1.807) is 59.0 Å². The number of carbonyl (C=O) groups is 4. The lowest BCUT2D eigenvalue weighted by Gasteiger charge is -2.35. The Morgan fingerprint density at radius 1 is 1.00 bits per heavy atom. The molecule has 0 radical (unpaired) electrons. The second-order valence-corrected chi connectivity index (χ2v) is 21.1. The SMILES string of the molecule is COc1cc(-c2scnc2C)ccc1[C@H](C)NC(=O)[C@@H]1CCCN1C(=O)C(c1cc(OCCN(C)C(=O)CCNc2nc(N3CCN(C(C)=O)CC3)c3cc(Cl)c(-c4cc(O)cc5ccccc45)c(F)c3n2)no1)C(C)C. The molecular formula is C56H62ClFN10O8S. The largest absolute Gasteiger partial charge is 0.508 e. The number of likely N-dealkylation sites (N-methyl/N-ethyl adjacent to an activating group) is 1. The Morgan fingerprint density at radius 3 is 2.51 bits per heavy atom.